The average Bonchev–Trinajstić information content (AvgIpc) is 2.34. The first-order valence-electron chi connectivity index (χ1n) is 5.93. The van der Waals surface area contributed by atoms with Gasteiger partial charge >= 0.3 is 5.97 Å². The molecule has 0 bridgehead atoms. The van der Waals surface area contributed by atoms with Gasteiger partial charge in [0.25, 0.3) is 0 Å². The molecule has 0 aliphatic rings. The van der Waals surface area contributed by atoms with E-state index in [9.17, 15) is 14.4 Å². The molecular formula is C11H21N3O4. The van der Waals surface area contributed by atoms with Crippen LogP contribution in [0, 0.1) is 0 Å². The van der Waals surface area contributed by atoms with E-state index in [0.717, 1.165) is 0 Å². The zero-order chi connectivity index (χ0) is 14.0. The van der Waals surface area contributed by atoms with Crippen molar-refractivity contribution >= 4 is 17.8 Å². The predicted octanol–water partition coefficient (Wildman–Crippen LogP) is -0.789. The Balaban J connectivity index is 3.46. The van der Waals surface area contributed by atoms with E-state index in [1.165, 1.54) is 7.05 Å². The van der Waals surface area contributed by atoms with Crippen molar-refractivity contribution in [3.63, 3.8) is 0 Å². The number of carboxylic acids is 1. The van der Waals surface area contributed by atoms with Gasteiger partial charge in [-0.3, -0.25) is 14.4 Å². The number of nitrogens with one attached hydrogen (secondary N) is 2. The summed E-state index contributed by atoms with van der Waals surface area (Å²) < 4.78 is 0. The highest BCUT2D eigenvalue weighted by Crippen LogP contribution is 1.98. The molecule has 0 heterocycles. The third kappa shape index (κ3) is 8.51. The lowest BCUT2D eigenvalue weighted by atomic mass is 10.1. The van der Waals surface area contributed by atoms with Gasteiger partial charge in [-0.1, -0.05) is 0 Å². The lowest BCUT2D eigenvalue weighted by molar-refractivity contribution is -0.138. The van der Waals surface area contributed by atoms with E-state index >= 15 is 0 Å². The van der Waals surface area contributed by atoms with Gasteiger partial charge < -0.3 is 21.5 Å². The molecule has 18 heavy (non-hydrogen) atoms. The maximum Gasteiger partial charge on any atom is 0.320 e. The summed E-state index contributed by atoms with van der Waals surface area (Å²) in [5.74, 6) is -1.36. The van der Waals surface area contributed by atoms with Crippen LogP contribution < -0.4 is 16.4 Å². The first kappa shape index (κ1) is 16.4. The van der Waals surface area contributed by atoms with Gasteiger partial charge in [0.15, 0.2) is 0 Å². The van der Waals surface area contributed by atoms with Crippen molar-refractivity contribution < 1.29 is 19.5 Å². The van der Waals surface area contributed by atoms with E-state index < -0.39 is 12.0 Å². The van der Waals surface area contributed by atoms with Crippen LogP contribution in [0.25, 0.3) is 0 Å². The number of aliphatic carboxylic acids is 1. The fraction of sp³-hybridized carbons (Fsp3) is 0.727. The van der Waals surface area contributed by atoms with Gasteiger partial charge in [0.2, 0.25) is 11.8 Å². The van der Waals surface area contributed by atoms with Crippen LogP contribution in [0.15, 0.2) is 0 Å². The number of unbranched alkanes of at least 4 members (excludes halogenated alkanes) is 1. The molecule has 0 aromatic carbocycles. The third-order valence-corrected chi connectivity index (χ3v) is 2.44. The normalized spacial score (nSPS) is 11.7. The van der Waals surface area contributed by atoms with Gasteiger partial charge in [0.05, 0.1) is 0 Å². The van der Waals surface area contributed by atoms with Crippen molar-refractivity contribution in [1.29, 1.82) is 0 Å². The standard InChI is InChI=1S/C11H21N3O4/c1-13-9(15)5-6-10(16)14-7-3-2-4-8(12)11(17)18/h8H,2-7,12H2,1H3,(H,13,15)(H,14,16)(H,17,18)/t8-/m0/s1. The topological polar surface area (TPSA) is 122 Å². The molecule has 0 rings (SSSR count). The third-order valence-electron chi connectivity index (χ3n) is 2.44. The Morgan fingerprint density at radius 1 is 1.17 bits per heavy atom. The van der Waals surface area contributed by atoms with Gasteiger partial charge in [-0.25, -0.2) is 0 Å². The first-order chi connectivity index (χ1) is 8.47. The summed E-state index contributed by atoms with van der Waals surface area (Å²) >= 11 is 0. The number of carbonyl (C=O) groups is 3. The predicted molar refractivity (Wildman–Crippen MR) is 65.8 cm³/mol. The molecule has 7 heteroatoms. The molecule has 0 spiro atoms. The van der Waals surface area contributed by atoms with Crippen LogP contribution in [-0.4, -0.2) is 42.5 Å². The van der Waals surface area contributed by atoms with Crippen molar-refractivity contribution in [3.8, 4) is 0 Å². The van der Waals surface area contributed by atoms with E-state index in [4.69, 9.17) is 10.8 Å². The van der Waals surface area contributed by atoms with Crippen LogP contribution in [0.5, 0.6) is 0 Å². The van der Waals surface area contributed by atoms with Crippen molar-refractivity contribution in [3.05, 3.63) is 0 Å². The molecule has 104 valence electrons. The molecule has 0 fully saturated rings. The molecule has 0 aliphatic carbocycles. The molecule has 0 saturated heterocycles. The van der Waals surface area contributed by atoms with Crippen LogP contribution in [0.3, 0.4) is 0 Å². The molecule has 0 aliphatic heterocycles. The number of rotatable bonds is 9. The summed E-state index contributed by atoms with van der Waals surface area (Å²) in [5.41, 5.74) is 5.32. The van der Waals surface area contributed by atoms with E-state index in [1.807, 2.05) is 0 Å². The molecule has 5 N–H and O–H groups in total. The van der Waals surface area contributed by atoms with Crippen LogP contribution in [0.4, 0.5) is 0 Å². The smallest absolute Gasteiger partial charge is 0.320 e. The summed E-state index contributed by atoms with van der Waals surface area (Å²) in [6, 6.07) is -0.839. The van der Waals surface area contributed by atoms with Gasteiger partial charge in [0.1, 0.15) is 6.04 Å². The molecular weight excluding hydrogens is 238 g/mol. The minimum absolute atomic E-state index is 0.161. The quantitative estimate of drug-likeness (QED) is 0.404. The van der Waals surface area contributed by atoms with E-state index in [2.05, 4.69) is 10.6 Å². The highest BCUT2D eigenvalue weighted by Gasteiger charge is 2.10. The molecule has 0 aromatic heterocycles. The second-order valence-electron chi connectivity index (χ2n) is 3.96. The van der Waals surface area contributed by atoms with Crippen LogP contribution in [0.2, 0.25) is 0 Å². The summed E-state index contributed by atoms with van der Waals surface area (Å²) in [4.78, 5) is 32.5. The van der Waals surface area contributed by atoms with Crippen LogP contribution in [-0.2, 0) is 14.4 Å². The van der Waals surface area contributed by atoms with Gasteiger partial charge in [0, 0.05) is 26.4 Å². The molecule has 0 radical (unpaired) electrons. The lowest BCUT2D eigenvalue weighted by Crippen LogP contribution is -2.30. The van der Waals surface area contributed by atoms with Crippen molar-refractivity contribution in [1.82, 2.24) is 10.6 Å². The Kier molecular flexibility index (Phi) is 8.55. The molecule has 7 nitrogen and oxygen atoms in total. The molecule has 0 saturated carbocycles. The summed E-state index contributed by atoms with van der Waals surface area (Å²) in [6.07, 6.45) is 2.04. The number of amides is 2. The highest BCUT2D eigenvalue weighted by atomic mass is 16.4. The summed E-state index contributed by atoms with van der Waals surface area (Å²) in [6.45, 7) is 0.471. The Bertz CT molecular complexity index is 294. The Morgan fingerprint density at radius 3 is 2.33 bits per heavy atom. The van der Waals surface area contributed by atoms with Crippen LogP contribution in [0.1, 0.15) is 32.1 Å². The maximum atomic E-state index is 11.3. The molecule has 2 amide bonds. The minimum atomic E-state index is -1.01. The van der Waals surface area contributed by atoms with Crippen LogP contribution >= 0.6 is 0 Å². The fourth-order valence-electron chi connectivity index (χ4n) is 1.28. The van der Waals surface area contributed by atoms with Gasteiger partial charge in [-0.2, -0.15) is 0 Å². The SMILES string of the molecule is CNC(=O)CCC(=O)NCCCC[C@H](N)C(=O)O. The Hall–Kier alpha value is -1.63. The minimum Gasteiger partial charge on any atom is -0.480 e. The molecule has 0 aromatic rings. The zero-order valence-electron chi connectivity index (χ0n) is 10.6. The van der Waals surface area contributed by atoms with E-state index in [1.54, 1.807) is 0 Å². The second-order valence-corrected chi connectivity index (χ2v) is 3.96. The summed E-state index contributed by atoms with van der Waals surface area (Å²) in [5, 5.41) is 13.6. The highest BCUT2D eigenvalue weighted by molar-refractivity contribution is 5.83. The zero-order valence-corrected chi connectivity index (χ0v) is 10.6. The fourth-order valence-corrected chi connectivity index (χ4v) is 1.28. The monoisotopic (exact) mass is 259 g/mol. The Morgan fingerprint density at radius 2 is 1.78 bits per heavy atom. The molecule has 1 atom stereocenters. The maximum absolute atomic E-state index is 11.3. The molecule has 0 unspecified atom stereocenters. The van der Waals surface area contributed by atoms with Crippen molar-refractivity contribution in [2.75, 3.05) is 13.6 Å². The average molecular weight is 259 g/mol. The lowest BCUT2D eigenvalue weighted by Gasteiger charge is -2.07. The van der Waals surface area contributed by atoms with Crippen molar-refractivity contribution in [2.45, 2.75) is 38.1 Å². The number of hydrogen-bond acceptors (Lipinski definition) is 4. The Labute approximate surface area is 106 Å². The number of carboxylic acid groups (broad SMARTS) is 1. The summed E-state index contributed by atoms with van der Waals surface area (Å²) in [7, 11) is 1.52. The van der Waals surface area contributed by atoms with E-state index in [0.29, 0.717) is 25.8 Å². The van der Waals surface area contributed by atoms with Gasteiger partial charge in [-0.05, 0) is 19.3 Å². The number of hydrogen-bond donors (Lipinski definition) is 4. The van der Waals surface area contributed by atoms with Gasteiger partial charge in [-0.15, -0.1) is 0 Å². The number of carbonyl (C=O) groups excluding carboxylic acids is 2. The van der Waals surface area contributed by atoms with Crippen molar-refractivity contribution in [2.24, 2.45) is 5.73 Å². The van der Waals surface area contributed by atoms with E-state index in [-0.39, 0.29) is 24.7 Å². The number of nitrogens with two attached hydrogens (primary N) is 1. The second kappa shape index (κ2) is 9.41. The largest absolute Gasteiger partial charge is 0.480 e. The first-order valence-corrected chi connectivity index (χ1v) is 5.93.